The molecular weight excluding hydrogens is 134 g/mol. The normalized spacial score (nSPS) is 9.60. The van der Waals surface area contributed by atoms with Gasteiger partial charge in [0.1, 0.15) is 0 Å². The molecule has 0 unspecified atom stereocenters. The summed E-state index contributed by atoms with van der Waals surface area (Å²) >= 11 is 0. The number of hydrogen-bond acceptors (Lipinski definition) is 3. The van der Waals surface area contributed by atoms with Gasteiger partial charge in [-0.3, -0.25) is 5.73 Å². The smallest absolute Gasteiger partial charge is 0.202 e. The lowest BCUT2D eigenvalue weighted by Crippen LogP contribution is -1.73. The number of benzene rings is 1. The van der Waals surface area contributed by atoms with Crippen LogP contribution in [0.1, 0.15) is 0 Å². The van der Waals surface area contributed by atoms with E-state index in [1.807, 2.05) is 0 Å². The van der Waals surface area contributed by atoms with Crippen LogP contribution in [-0.4, -0.2) is 15.3 Å². The van der Waals surface area contributed by atoms with Gasteiger partial charge < -0.3 is 15.3 Å². The molecule has 0 bridgehead atoms. The fraction of sp³-hybridized carbons (Fsp3) is 0. The van der Waals surface area contributed by atoms with Crippen molar-refractivity contribution in [2.45, 2.75) is 0 Å². The van der Waals surface area contributed by atoms with Crippen molar-refractivity contribution in [2.24, 2.45) is 0 Å². The van der Waals surface area contributed by atoms with Crippen molar-refractivity contribution in [1.29, 1.82) is 0 Å². The number of rotatable bonds is 0. The third-order valence-corrected chi connectivity index (χ3v) is 1.13. The van der Waals surface area contributed by atoms with Crippen LogP contribution < -0.4 is 5.73 Å². The average Bonchev–Trinajstić information content (AvgIpc) is 1.93. The van der Waals surface area contributed by atoms with Crippen LogP contribution in [0.15, 0.2) is 12.1 Å². The Hall–Kier alpha value is -1.58. The Balaban J connectivity index is 3.34. The van der Waals surface area contributed by atoms with Crippen LogP contribution in [0, 0.1) is 0 Å². The fourth-order valence-corrected chi connectivity index (χ4v) is 0.569. The number of hydrogen-bond donors (Lipinski definition) is 3. The molecule has 1 aromatic rings. The maximum Gasteiger partial charge on any atom is 0.202 e. The van der Waals surface area contributed by atoms with Crippen molar-refractivity contribution < 1.29 is 15.3 Å². The van der Waals surface area contributed by atoms with E-state index in [-0.39, 0.29) is 5.69 Å². The number of nitrogens with one attached hydrogen (secondary N) is 1. The summed E-state index contributed by atoms with van der Waals surface area (Å²) in [5, 5.41) is 26.3. The first-order chi connectivity index (χ1) is 4.63. The molecule has 53 valence electrons. The Morgan fingerprint density at radius 2 is 1.60 bits per heavy atom. The third kappa shape index (κ3) is 0.793. The molecule has 1 rings (SSSR count). The van der Waals surface area contributed by atoms with Crippen molar-refractivity contribution in [2.75, 3.05) is 0 Å². The highest BCUT2D eigenvalue weighted by atomic mass is 16.3. The van der Waals surface area contributed by atoms with Gasteiger partial charge in [0.05, 0.1) is 5.69 Å². The highest BCUT2D eigenvalue weighted by Gasteiger charge is 2.07. The second-order valence-corrected chi connectivity index (χ2v) is 1.83. The van der Waals surface area contributed by atoms with E-state index in [1.165, 1.54) is 6.07 Å². The summed E-state index contributed by atoms with van der Waals surface area (Å²) in [5.41, 5.74) is 6.72. The highest BCUT2D eigenvalue weighted by molar-refractivity contribution is 5.61. The lowest BCUT2D eigenvalue weighted by atomic mass is 10.2. The molecule has 10 heavy (non-hydrogen) atoms. The lowest BCUT2D eigenvalue weighted by molar-refractivity contribution is 0.368. The van der Waals surface area contributed by atoms with Gasteiger partial charge in [0.25, 0.3) is 0 Å². The Morgan fingerprint density at radius 3 is 2.10 bits per heavy atom. The van der Waals surface area contributed by atoms with Crippen LogP contribution in [0.5, 0.6) is 17.2 Å². The van der Waals surface area contributed by atoms with Crippen molar-refractivity contribution in [3.05, 3.63) is 12.1 Å². The molecule has 4 nitrogen and oxygen atoms in total. The van der Waals surface area contributed by atoms with E-state index in [2.05, 4.69) is 0 Å². The molecule has 0 aliphatic carbocycles. The van der Waals surface area contributed by atoms with E-state index < -0.39 is 17.2 Å². The first-order valence-electron chi connectivity index (χ1n) is 2.58. The predicted octanol–water partition coefficient (Wildman–Crippen LogP) is 0.718. The zero-order chi connectivity index (χ0) is 7.72. The lowest BCUT2D eigenvalue weighted by Gasteiger charge is -2.00. The molecule has 1 radical (unpaired) electrons. The van der Waals surface area contributed by atoms with Crippen molar-refractivity contribution in [3.8, 4) is 17.2 Å². The minimum atomic E-state index is -0.646. The molecule has 0 atom stereocenters. The van der Waals surface area contributed by atoms with Crippen molar-refractivity contribution >= 4 is 5.69 Å². The Kier molecular flexibility index (Phi) is 1.30. The Bertz CT molecular complexity index is 232. The molecule has 4 heteroatoms. The number of phenols is 3. The maximum absolute atomic E-state index is 8.79. The van der Waals surface area contributed by atoms with Crippen LogP contribution in [-0.2, 0) is 0 Å². The largest absolute Gasteiger partial charge is 0.504 e. The van der Waals surface area contributed by atoms with Gasteiger partial charge in [0.15, 0.2) is 11.5 Å². The third-order valence-electron chi connectivity index (χ3n) is 1.13. The van der Waals surface area contributed by atoms with Gasteiger partial charge in [-0.1, -0.05) is 0 Å². The second-order valence-electron chi connectivity index (χ2n) is 1.83. The van der Waals surface area contributed by atoms with Gasteiger partial charge in [0.2, 0.25) is 5.75 Å². The highest BCUT2D eigenvalue weighted by Crippen LogP contribution is 2.38. The molecule has 0 aliphatic rings. The SMILES string of the molecule is [NH]c1ccc(O)c(O)c1O. The van der Waals surface area contributed by atoms with Gasteiger partial charge in [-0.05, 0) is 12.1 Å². The van der Waals surface area contributed by atoms with Crippen LogP contribution in [0.3, 0.4) is 0 Å². The number of aromatic hydroxyl groups is 3. The zero-order valence-corrected chi connectivity index (χ0v) is 5.00. The summed E-state index contributed by atoms with van der Waals surface area (Å²) in [7, 11) is 0. The van der Waals surface area contributed by atoms with Gasteiger partial charge >= 0.3 is 0 Å². The average molecular weight is 140 g/mol. The van der Waals surface area contributed by atoms with Crippen LogP contribution in [0.4, 0.5) is 5.69 Å². The van der Waals surface area contributed by atoms with Crippen molar-refractivity contribution in [1.82, 2.24) is 5.73 Å². The summed E-state index contributed by atoms with van der Waals surface area (Å²) in [6.45, 7) is 0. The molecule has 0 spiro atoms. The minimum Gasteiger partial charge on any atom is -0.504 e. The summed E-state index contributed by atoms with van der Waals surface area (Å²) in [6, 6.07) is 2.32. The monoisotopic (exact) mass is 140 g/mol. The molecule has 0 amide bonds. The quantitative estimate of drug-likeness (QED) is 0.366. The summed E-state index contributed by atoms with van der Waals surface area (Å²) in [6.07, 6.45) is 0. The van der Waals surface area contributed by atoms with E-state index in [0.717, 1.165) is 6.07 Å². The van der Waals surface area contributed by atoms with Crippen LogP contribution in [0.2, 0.25) is 0 Å². The van der Waals surface area contributed by atoms with E-state index in [1.54, 1.807) is 0 Å². The van der Waals surface area contributed by atoms with E-state index in [9.17, 15) is 0 Å². The standard InChI is InChI=1S/C6H6NO3/c7-3-1-2-4(8)6(10)5(3)9/h1-2,7-10H. The topological polar surface area (TPSA) is 84.5 Å². The zero-order valence-electron chi connectivity index (χ0n) is 5.00. The Labute approximate surface area is 57.2 Å². The first-order valence-corrected chi connectivity index (χ1v) is 2.58. The molecule has 4 N–H and O–H groups in total. The number of phenolic OH excluding ortho intramolecular Hbond substituents is 3. The molecule has 0 heterocycles. The van der Waals surface area contributed by atoms with E-state index >= 15 is 0 Å². The molecule has 0 fully saturated rings. The fourth-order valence-electron chi connectivity index (χ4n) is 0.569. The Morgan fingerprint density at radius 1 is 1.00 bits per heavy atom. The predicted molar refractivity (Wildman–Crippen MR) is 34.2 cm³/mol. The van der Waals surface area contributed by atoms with Crippen LogP contribution >= 0.6 is 0 Å². The minimum absolute atomic E-state index is 0.213. The van der Waals surface area contributed by atoms with Crippen LogP contribution in [0.25, 0.3) is 0 Å². The summed E-state index contributed by atoms with van der Waals surface area (Å²) in [5.74, 6) is -1.67. The summed E-state index contributed by atoms with van der Waals surface area (Å²) in [4.78, 5) is 0. The van der Waals surface area contributed by atoms with Gasteiger partial charge in [-0.25, -0.2) is 0 Å². The molecule has 0 aliphatic heterocycles. The first kappa shape index (κ1) is 6.54. The molecule has 0 saturated carbocycles. The summed E-state index contributed by atoms with van der Waals surface area (Å²) < 4.78 is 0. The molecule has 0 saturated heterocycles. The molecule has 1 aromatic carbocycles. The van der Waals surface area contributed by atoms with Gasteiger partial charge in [0, 0.05) is 0 Å². The molecule has 0 aromatic heterocycles. The van der Waals surface area contributed by atoms with E-state index in [0.29, 0.717) is 0 Å². The van der Waals surface area contributed by atoms with Gasteiger partial charge in [-0.2, -0.15) is 0 Å². The van der Waals surface area contributed by atoms with E-state index in [4.69, 9.17) is 21.1 Å². The second kappa shape index (κ2) is 1.98. The van der Waals surface area contributed by atoms with Gasteiger partial charge in [-0.15, -0.1) is 0 Å². The molecular formula is C6H6NO3. The maximum atomic E-state index is 8.79. The van der Waals surface area contributed by atoms with Crippen molar-refractivity contribution in [3.63, 3.8) is 0 Å².